The largest absolute Gasteiger partial charge is 0.486 e. The summed E-state index contributed by atoms with van der Waals surface area (Å²) in [7, 11) is 0. The molecule has 1 N–H and O–H groups in total. The highest BCUT2D eigenvalue weighted by molar-refractivity contribution is 5.75. The Morgan fingerprint density at radius 2 is 1.89 bits per heavy atom. The van der Waals surface area contributed by atoms with Crippen LogP contribution in [0.2, 0.25) is 0 Å². The minimum Gasteiger partial charge on any atom is -0.486 e. The molecule has 2 amide bonds. The number of carbonyl (C=O) groups is 1. The summed E-state index contributed by atoms with van der Waals surface area (Å²) in [6, 6.07) is 13.4. The van der Waals surface area contributed by atoms with Crippen LogP contribution >= 0.6 is 0 Å². The van der Waals surface area contributed by atoms with E-state index in [9.17, 15) is 4.79 Å². The highest BCUT2D eigenvalue weighted by Gasteiger charge is 2.19. The fraction of sp³-hybridized carbons (Fsp3) is 0.318. The van der Waals surface area contributed by atoms with E-state index < -0.39 is 0 Å². The van der Waals surface area contributed by atoms with Gasteiger partial charge in [-0.1, -0.05) is 41.8 Å². The molecule has 0 aromatic heterocycles. The number of nitrogens with one attached hydrogen (secondary N) is 1. The lowest BCUT2D eigenvalue weighted by Crippen LogP contribution is -2.40. The first-order valence-corrected chi connectivity index (χ1v) is 9.01. The number of aryl methyl sites for hydroxylation is 1. The summed E-state index contributed by atoms with van der Waals surface area (Å²) in [6.45, 7) is 5.76. The van der Waals surface area contributed by atoms with Gasteiger partial charge >= 0.3 is 6.03 Å². The smallest absolute Gasteiger partial charge is 0.318 e. The second-order valence-corrected chi connectivity index (χ2v) is 6.62. The molecule has 3 rings (SSSR count). The SMILES string of the molecule is C#CCN(Cc1ccc(C)cc1)C(=O)NC(C)c1ccc2c(c1)OCCO2. The average Bonchev–Trinajstić information content (AvgIpc) is 2.68. The third-order valence-electron chi connectivity index (χ3n) is 4.47. The minimum absolute atomic E-state index is 0.188. The van der Waals surface area contributed by atoms with Gasteiger partial charge in [-0.2, -0.15) is 0 Å². The van der Waals surface area contributed by atoms with E-state index in [1.165, 1.54) is 5.56 Å². The number of fused-ring (bicyclic) bond motifs is 1. The first-order valence-electron chi connectivity index (χ1n) is 9.01. The van der Waals surface area contributed by atoms with Gasteiger partial charge in [0.25, 0.3) is 0 Å². The zero-order chi connectivity index (χ0) is 19.2. The maximum Gasteiger partial charge on any atom is 0.318 e. The van der Waals surface area contributed by atoms with Crippen molar-refractivity contribution in [1.82, 2.24) is 10.2 Å². The summed E-state index contributed by atoms with van der Waals surface area (Å²) >= 11 is 0. The summed E-state index contributed by atoms with van der Waals surface area (Å²) in [5.41, 5.74) is 3.17. The van der Waals surface area contributed by atoms with Gasteiger partial charge in [0, 0.05) is 6.54 Å². The van der Waals surface area contributed by atoms with Crippen molar-refractivity contribution in [2.75, 3.05) is 19.8 Å². The predicted molar refractivity (Wildman–Crippen MR) is 105 cm³/mol. The summed E-state index contributed by atoms with van der Waals surface area (Å²) in [4.78, 5) is 14.4. The van der Waals surface area contributed by atoms with Gasteiger partial charge in [0.15, 0.2) is 11.5 Å². The van der Waals surface area contributed by atoms with E-state index in [-0.39, 0.29) is 18.6 Å². The molecular formula is C22H24N2O3. The quantitative estimate of drug-likeness (QED) is 0.824. The molecule has 0 aliphatic carbocycles. The molecule has 1 aliphatic heterocycles. The van der Waals surface area contributed by atoms with Crippen LogP contribution in [0.15, 0.2) is 42.5 Å². The fourth-order valence-electron chi connectivity index (χ4n) is 2.91. The standard InChI is InChI=1S/C22H24N2O3/c1-4-11-24(15-18-7-5-16(2)6-8-18)22(25)23-17(3)19-9-10-20-21(14-19)27-13-12-26-20/h1,5-10,14,17H,11-13,15H2,2-3H3,(H,23,25). The minimum atomic E-state index is -0.198. The Kier molecular flexibility index (Phi) is 5.87. The molecule has 2 aromatic carbocycles. The number of amides is 2. The van der Waals surface area contributed by atoms with Crippen molar-refractivity contribution < 1.29 is 14.3 Å². The lowest BCUT2D eigenvalue weighted by molar-refractivity contribution is 0.171. The van der Waals surface area contributed by atoms with Crippen molar-refractivity contribution >= 4 is 6.03 Å². The molecule has 0 bridgehead atoms. The summed E-state index contributed by atoms with van der Waals surface area (Å²) < 4.78 is 11.2. The Morgan fingerprint density at radius 3 is 2.59 bits per heavy atom. The predicted octanol–water partition coefficient (Wildman–Crippen LogP) is 3.67. The van der Waals surface area contributed by atoms with Gasteiger partial charge < -0.3 is 19.7 Å². The van der Waals surface area contributed by atoms with Gasteiger partial charge in [-0.05, 0) is 37.1 Å². The van der Waals surface area contributed by atoms with Crippen molar-refractivity contribution in [3.63, 3.8) is 0 Å². The monoisotopic (exact) mass is 364 g/mol. The van der Waals surface area contributed by atoms with Crippen LogP contribution in [0.1, 0.15) is 29.7 Å². The summed E-state index contributed by atoms with van der Waals surface area (Å²) in [5.74, 6) is 4.00. The van der Waals surface area contributed by atoms with E-state index in [2.05, 4.69) is 11.2 Å². The van der Waals surface area contributed by atoms with Crippen molar-refractivity contribution in [1.29, 1.82) is 0 Å². The van der Waals surface area contributed by atoms with Gasteiger partial charge in [0.2, 0.25) is 0 Å². The summed E-state index contributed by atoms with van der Waals surface area (Å²) in [6.07, 6.45) is 5.46. The molecule has 27 heavy (non-hydrogen) atoms. The van der Waals surface area contributed by atoms with Crippen LogP contribution in [0.25, 0.3) is 0 Å². The van der Waals surface area contributed by atoms with Gasteiger partial charge in [-0.25, -0.2) is 4.79 Å². The van der Waals surface area contributed by atoms with Gasteiger partial charge in [-0.3, -0.25) is 0 Å². The number of benzene rings is 2. The Labute approximate surface area is 160 Å². The number of terminal acetylenes is 1. The molecular weight excluding hydrogens is 340 g/mol. The molecule has 1 unspecified atom stereocenters. The van der Waals surface area contributed by atoms with E-state index in [0.717, 1.165) is 16.9 Å². The Hall–Kier alpha value is -3.13. The third-order valence-corrected chi connectivity index (χ3v) is 4.47. The number of rotatable bonds is 5. The van der Waals surface area contributed by atoms with Crippen LogP contribution < -0.4 is 14.8 Å². The molecule has 0 fully saturated rings. The molecule has 0 spiro atoms. The molecule has 140 valence electrons. The molecule has 0 saturated heterocycles. The highest BCUT2D eigenvalue weighted by atomic mass is 16.6. The van der Waals surface area contributed by atoms with Crippen LogP contribution in [0.4, 0.5) is 4.79 Å². The van der Waals surface area contributed by atoms with Crippen molar-refractivity contribution in [3.05, 3.63) is 59.2 Å². The normalized spacial score (nSPS) is 13.4. The van der Waals surface area contributed by atoms with E-state index >= 15 is 0 Å². The maximum atomic E-state index is 12.7. The Bertz CT molecular complexity index is 840. The number of ether oxygens (including phenoxy) is 2. The Balaban J connectivity index is 1.67. The molecule has 2 aromatic rings. The average molecular weight is 364 g/mol. The van der Waals surface area contributed by atoms with E-state index in [1.54, 1.807) is 4.90 Å². The maximum absolute atomic E-state index is 12.7. The van der Waals surface area contributed by atoms with Crippen LogP contribution in [0, 0.1) is 19.3 Å². The molecule has 1 aliphatic rings. The molecule has 5 heteroatoms. The molecule has 0 saturated carbocycles. The molecule has 1 heterocycles. The highest BCUT2D eigenvalue weighted by Crippen LogP contribution is 2.32. The number of carbonyl (C=O) groups excluding carboxylic acids is 1. The van der Waals surface area contributed by atoms with Gasteiger partial charge in [0.1, 0.15) is 13.2 Å². The topological polar surface area (TPSA) is 50.8 Å². The van der Waals surface area contributed by atoms with E-state index in [4.69, 9.17) is 15.9 Å². The van der Waals surface area contributed by atoms with Crippen LogP contribution in [-0.2, 0) is 6.54 Å². The second-order valence-electron chi connectivity index (χ2n) is 6.62. The van der Waals surface area contributed by atoms with Crippen molar-refractivity contribution in [2.24, 2.45) is 0 Å². The van der Waals surface area contributed by atoms with Crippen LogP contribution in [0.5, 0.6) is 11.5 Å². The van der Waals surface area contributed by atoms with E-state index in [1.807, 2.05) is 56.3 Å². The first-order chi connectivity index (χ1) is 13.1. The number of nitrogens with zero attached hydrogens (tertiary/aromatic N) is 1. The zero-order valence-corrected chi connectivity index (χ0v) is 15.7. The summed E-state index contributed by atoms with van der Waals surface area (Å²) in [5, 5.41) is 3.01. The van der Waals surface area contributed by atoms with Crippen molar-refractivity contribution in [3.8, 4) is 23.8 Å². The number of hydrogen-bond donors (Lipinski definition) is 1. The first kappa shape index (κ1) is 18.7. The number of hydrogen-bond acceptors (Lipinski definition) is 3. The number of urea groups is 1. The second kappa shape index (κ2) is 8.50. The van der Waals surface area contributed by atoms with Crippen molar-refractivity contribution in [2.45, 2.75) is 26.4 Å². The lowest BCUT2D eigenvalue weighted by Gasteiger charge is -2.25. The fourth-order valence-corrected chi connectivity index (χ4v) is 2.91. The van der Waals surface area contributed by atoms with Gasteiger partial charge in [-0.15, -0.1) is 6.42 Å². The molecule has 0 radical (unpaired) electrons. The Morgan fingerprint density at radius 1 is 1.19 bits per heavy atom. The van der Waals surface area contributed by atoms with Crippen LogP contribution in [0.3, 0.4) is 0 Å². The lowest BCUT2D eigenvalue weighted by atomic mass is 10.1. The van der Waals surface area contributed by atoms with Crippen LogP contribution in [-0.4, -0.2) is 30.7 Å². The van der Waals surface area contributed by atoms with E-state index in [0.29, 0.717) is 25.5 Å². The molecule has 1 atom stereocenters. The van der Waals surface area contributed by atoms with Gasteiger partial charge in [0.05, 0.1) is 12.6 Å². The molecule has 5 nitrogen and oxygen atoms in total. The zero-order valence-electron chi connectivity index (χ0n) is 15.7. The third kappa shape index (κ3) is 4.73.